The summed E-state index contributed by atoms with van der Waals surface area (Å²) >= 11 is 1.48. The molecule has 1 N–H and O–H groups in total. The van der Waals surface area contributed by atoms with Crippen LogP contribution in [0.1, 0.15) is 40.7 Å². The Balaban J connectivity index is 1.31. The molecule has 2 heterocycles. The van der Waals surface area contributed by atoms with Crippen molar-refractivity contribution in [3.8, 4) is 0 Å². The van der Waals surface area contributed by atoms with Gasteiger partial charge in [-0.2, -0.15) is 24.5 Å². The van der Waals surface area contributed by atoms with E-state index in [2.05, 4.69) is 5.32 Å². The number of benzene rings is 1. The third kappa shape index (κ3) is 4.03. The fourth-order valence-corrected chi connectivity index (χ4v) is 4.88. The number of halogens is 3. The third-order valence-electron chi connectivity index (χ3n) is 6.10. The Morgan fingerprint density at radius 2 is 1.90 bits per heavy atom. The Hall–Kier alpha value is -2.35. The second-order valence-corrected chi connectivity index (χ2v) is 8.58. The predicted octanol–water partition coefficient (Wildman–Crippen LogP) is 4.33. The van der Waals surface area contributed by atoms with Crippen molar-refractivity contribution in [3.63, 3.8) is 0 Å². The summed E-state index contributed by atoms with van der Waals surface area (Å²) < 4.78 is 39.3. The highest BCUT2D eigenvalue weighted by Gasteiger charge is 2.58. The van der Waals surface area contributed by atoms with E-state index in [1.165, 1.54) is 29.5 Å². The second-order valence-electron chi connectivity index (χ2n) is 7.80. The smallest absolute Gasteiger partial charge is 0.352 e. The fraction of sp³-hybridized carbons (Fsp3) is 0.429. The van der Waals surface area contributed by atoms with Crippen LogP contribution in [0.3, 0.4) is 0 Å². The molecule has 1 saturated carbocycles. The number of rotatable bonds is 4. The van der Waals surface area contributed by atoms with Gasteiger partial charge in [-0.25, -0.2) is 0 Å². The zero-order valence-corrected chi connectivity index (χ0v) is 16.5. The van der Waals surface area contributed by atoms with Crippen molar-refractivity contribution in [3.05, 3.63) is 57.8 Å². The number of alkyl halides is 3. The van der Waals surface area contributed by atoms with Gasteiger partial charge in [0.1, 0.15) is 0 Å². The summed E-state index contributed by atoms with van der Waals surface area (Å²) in [7, 11) is 0. The molecule has 2 amide bonds. The van der Waals surface area contributed by atoms with E-state index in [0.717, 1.165) is 25.3 Å². The van der Waals surface area contributed by atoms with E-state index < -0.39 is 11.7 Å². The SMILES string of the molecule is O=C(NCc1ccccc1C(F)(F)F)C1CC12CCN(C(=O)c1ccsc1)CC2. The number of hydrogen-bond donors (Lipinski definition) is 1. The number of carbonyl (C=O) groups excluding carboxylic acids is 2. The lowest BCUT2D eigenvalue weighted by molar-refractivity contribution is -0.138. The molecule has 0 bridgehead atoms. The highest BCUT2D eigenvalue weighted by atomic mass is 32.1. The summed E-state index contributed by atoms with van der Waals surface area (Å²) in [6, 6.07) is 7.11. The summed E-state index contributed by atoms with van der Waals surface area (Å²) in [5.74, 6) is -0.356. The summed E-state index contributed by atoms with van der Waals surface area (Å²) in [5.41, 5.74) is -0.0661. The quantitative estimate of drug-likeness (QED) is 0.798. The molecule has 1 aromatic carbocycles. The van der Waals surface area contributed by atoms with Crippen molar-refractivity contribution in [1.29, 1.82) is 0 Å². The highest BCUT2D eigenvalue weighted by molar-refractivity contribution is 7.08. The molecule has 1 aliphatic carbocycles. The largest absolute Gasteiger partial charge is 0.416 e. The minimum Gasteiger partial charge on any atom is -0.352 e. The maximum atomic E-state index is 13.1. The molecule has 1 aliphatic heterocycles. The Morgan fingerprint density at radius 1 is 1.17 bits per heavy atom. The van der Waals surface area contributed by atoms with Crippen molar-refractivity contribution >= 4 is 23.2 Å². The molecule has 8 heteroatoms. The summed E-state index contributed by atoms with van der Waals surface area (Å²) in [6.45, 7) is 1.08. The van der Waals surface area contributed by atoms with E-state index in [1.54, 1.807) is 0 Å². The number of likely N-dealkylation sites (tertiary alicyclic amines) is 1. The van der Waals surface area contributed by atoms with Gasteiger partial charge in [-0.1, -0.05) is 18.2 Å². The zero-order chi connectivity index (χ0) is 20.6. The van der Waals surface area contributed by atoms with Crippen LogP contribution in [0, 0.1) is 11.3 Å². The number of nitrogens with zero attached hydrogens (tertiary/aromatic N) is 1. The average Bonchev–Trinajstić information content (AvgIpc) is 3.14. The second kappa shape index (κ2) is 7.48. The predicted molar refractivity (Wildman–Crippen MR) is 103 cm³/mol. The molecular formula is C21H21F3N2O2S. The molecule has 2 aliphatic rings. The molecule has 1 unspecified atom stereocenters. The molecule has 154 valence electrons. The zero-order valence-electron chi connectivity index (χ0n) is 15.7. The first-order valence-corrected chi connectivity index (χ1v) is 10.5. The van der Waals surface area contributed by atoms with E-state index >= 15 is 0 Å². The van der Waals surface area contributed by atoms with Crippen LogP contribution in [0.5, 0.6) is 0 Å². The van der Waals surface area contributed by atoms with Gasteiger partial charge >= 0.3 is 6.18 Å². The van der Waals surface area contributed by atoms with E-state index in [1.807, 2.05) is 21.7 Å². The van der Waals surface area contributed by atoms with Crippen LogP contribution in [0.4, 0.5) is 13.2 Å². The minimum absolute atomic E-state index is 0.0199. The molecule has 1 aromatic heterocycles. The number of hydrogen-bond acceptors (Lipinski definition) is 3. The fourth-order valence-electron chi connectivity index (χ4n) is 4.25. The summed E-state index contributed by atoms with van der Waals surface area (Å²) in [4.78, 5) is 26.8. The van der Waals surface area contributed by atoms with Crippen LogP contribution in [-0.4, -0.2) is 29.8 Å². The van der Waals surface area contributed by atoms with Crippen LogP contribution in [0.2, 0.25) is 0 Å². The number of thiophene rings is 1. The maximum Gasteiger partial charge on any atom is 0.416 e. The van der Waals surface area contributed by atoms with Crippen LogP contribution in [-0.2, 0) is 17.5 Å². The van der Waals surface area contributed by atoms with Crippen molar-refractivity contribution in [1.82, 2.24) is 10.2 Å². The monoisotopic (exact) mass is 422 g/mol. The number of nitrogens with one attached hydrogen (secondary N) is 1. The van der Waals surface area contributed by atoms with Gasteiger partial charge in [0, 0.05) is 30.9 Å². The number of carbonyl (C=O) groups is 2. The van der Waals surface area contributed by atoms with Crippen LogP contribution >= 0.6 is 11.3 Å². The molecule has 29 heavy (non-hydrogen) atoms. The van der Waals surface area contributed by atoms with Gasteiger partial charge < -0.3 is 10.2 Å². The summed E-state index contributed by atoms with van der Waals surface area (Å²) in [6.07, 6.45) is -2.20. The topological polar surface area (TPSA) is 49.4 Å². The normalized spacial score (nSPS) is 20.5. The highest BCUT2D eigenvalue weighted by Crippen LogP contribution is 2.59. The maximum absolute atomic E-state index is 13.1. The van der Waals surface area contributed by atoms with Gasteiger partial charge in [0.2, 0.25) is 5.91 Å². The van der Waals surface area contributed by atoms with Crippen LogP contribution < -0.4 is 5.32 Å². The van der Waals surface area contributed by atoms with Crippen molar-refractivity contribution < 1.29 is 22.8 Å². The molecule has 4 nitrogen and oxygen atoms in total. The van der Waals surface area contributed by atoms with Crippen LogP contribution in [0.25, 0.3) is 0 Å². The molecule has 4 rings (SSSR count). The Morgan fingerprint density at radius 3 is 2.55 bits per heavy atom. The first kappa shape index (κ1) is 19.9. The Bertz CT molecular complexity index is 903. The lowest BCUT2D eigenvalue weighted by Gasteiger charge is -2.32. The van der Waals surface area contributed by atoms with E-state index in [0.29, 0.717) is 18.7 Å². The molecule has 1 saturated heterocycles. The standard InChI is InChI=1S/C21H21F3N2O2S/c22-21(23,24)16-4-2-1-3-14(16)12-25-18(27)17-11-20(17)6-8-26(9-7-20)19(28)15-5-10-29-13-15/h1-5,10,13,17H,6-9,11-12H2,(H,25,27). The van der Waals surface area contributed by atoms with Crippen molar-refractivity contribution in [2.75, 3.05) is 13.1 Å². The molecule has 2 fully saturated rings. The van der Waals surface area contributed by atoms with Gasteiger partial charge in [-0.15, -0.1) is 0 Å². The number of amides is 2. The van der Waals surface area contributed by atoms with Crippen molar-refractivity contribution in [2.45, 2.75) is 32.0 Å². The van der Waals surface area contributed by atoms with Crippen molar-refractivity contribution in [2.24, 2.45) is 11.3 Å². The lowest BCUT2D eigenvalue weighted by Crippen LogP contribution is -2.40. The number of piperidine rings is 1. The van der Waals surface area contributed by atoms with Gasteiger partial charge in [0.05, 0.1) is 11.1 Å². The molecule has 2 aromatic rings. The molecule has 1 spiro atoms. The molecular weight excluding hydrogens is 401 g/mol. The third-order valence-corrected chi connectivity index (χ3v) is 6.78. The molecule has 0 radical (unpaired) electrons. The summed E-state index contributed by atoms with van der Waals surface area (Å²) in [5, 5.41) is 6.39. The van der Waals surface area contributed by atoms with Gasteiger partial charge in [-0.05, 0) is 47.8 Å². The van der Waals surface area contributed by atoms with Crippen LogP contribution in [0.15, 0.2) is 41.1 Å². The minimum atomic E-state index is -4.44. The Kier molecular flexibility index (Phi) is 5.14. The van der Waals surface area contributed by atoms with Gasteiger partial charge in [0.25, 0.3) is 5.91 Å². The first-order chi connectivity index (χ1) is 13.8. The van der Waals surface area contributed by atoms with Gasteiger partial charge in [0.15, 0.2) is 0 Å². The average molecular weight is 422 g/mol. The Labute approximate surface area is 170 Å². The van der Waals surface area contributed by atoms with Gasteiger partial charge in [-0.3, -0.25) is 9.59 Å². The van der Waals surface area contributed by atoms with E-state index in [-0.39, 0.29) is 35.3 Å². The van der Waals surface area contributed by atoms with E-state index in [9.17, 15) is 22.8 Å². The van der Waals surface area contributed by atoms with E-state index in [4.69, 9.17) is 0 Å². The lowest BCUT2D eigenvalue weighted by atomic mass is 9.90. The molecule has 1 atom stereocenters. The first-order valence-electron chi connectivity index (χ1n) is 9.54.